The monoisotopic (exact) mass is 462 g/mol. The summed E-state index contributed by atoms with van der Waals surface area (Å²) in [7, 11) is 1.51. The molecule has 0 aromatic heterocycles. The summed E-state index contributed by atoms with van der Waals surface area (Å²) < 4.78 is 5.12. The fourth-order valence-electron chi connectivity index (χ4n) is 3.68. The van der Waals surface area contributed by atoms with Crippen molar-refractivity contribution in [3.8, 4) is 5.75 Å². The lowest BCUT2D eigenvalue weighted by Gasteiger charge is -2.34. The number of carbonyl (C=O) groups excluding carboxylic acids is 4. The van der Waals surface area contributed by atoms with Crippen molar-refractivity contribution in [1.82, 2.24) is 10.0 Å². The second-order valence-corrected chi connectivity index (χ2v) is 7.77. The van der Waals surface area contributed by atoms with Crippen LogP contribution in [-0.4, -0.2) is 46.7 Å². The van der Waals surface area contributed by atoms with Crippen LogP contribution in [0.4, 0.5) is 0 Å². The minimum atomic E-state index is -1.19. The number of imide groups is 1. The van der Waals surface area contributed by atoms with Crippen LogP contribution in [0.25, 0.3) is 0 Å². The topological polar surface area (TPSA) is 84.0 Å². The minimum Gasteiger partial charge on any atom is -0.497 e. The molecule has 7 nitrogen and oxygen atoms in total. The molecule has 0 fully saturated rings. The number of ketones is 1. The van der Waals surface area contributed by atoms with Crippen LogP contribution in [0.2, 0.25) is 5.02 Å². The van der Waals surface area contributed by atoms with Gasteiger partial charge in [0.15, 0.2) is 5.78 Å². The molecule has 33 heavy (non-hydrogen) atoms. The fourth-order valence-corrected chi connectivity index (χ4v) is 3.89. The number of hydrogen-bond acceptors (Lipinski definition) is 5. The highest BCUT2D eigenvalue weighted by atomic mass is 35.5. The SMILES string of the molecule is COc1ccc(C(=O)[C@H](C)N(C(=O)c2ccccc2Cl)N2C(=O)c3ccccc3C2=O)cc1. The zero-order valence-electron chi connectivity index (χ0n) is 17.8. The minimum absolute atomic E-state index is 0.0603. The first-order valence-electron chi connectivity index (χ1n) is 10.1. The van der Waals surface area contributed by atoms with Gasteiger partial charge in [0.2, 0.25) is 0 Å². The first-order valence-corrected chi connectivity index (χ1v) is 10.5. The Morgan fingerprint density at radius 3 is 1.97 bits per heavy atom. The van der Waals surface area contributed by atoms with Gasteiger partial charge in [-0.2, -0.15) is 5.01 Å². The third-order valence-corrected chi connectivity index (χ3v) is 5.75. The number of nitrogens with zero attached hydrogens (tertiary/aromatic N) is 2. The highest BCUT2D eigenvalue weighted by Crippen LogP contribution is 2.29. The molecule has 3 aromatic rings. The van der Waals surface area contributed by atoms with Crippen molar-refractivity contribution in [2.75, 3.05) is 7.11 Å². The zero-order chi connectivity index (χ0) is 23.7. The van der Waals surface area contributed by atoms with Crippen molar-refractivity contribution in [2.24, 2.45) is 0 Å². The van der Waals surface area contributed by atoms with Crippen molar-refractivity contribution in [3.63, 3.8) is 0 Å². The van der Waals surface area contributed by atoms with Crippen LogP contribution in [0.3, 0.4) is 0 Å². The molecule has 0 saturated carbocycles. The molecule has 3 aromatic carbocycles. The van der Waals surface area contributed by atoms with Crippen LogP contribution in [0.5, 0.6) is 5.75 Å². The molecule has 1 aliphatic heterocycles. The van der Waals surface area contributed by atoms with Crippen LogP contribution in [0.1, 0.15) is 48.4 Å². The summed E-state index contributed by atoms with van der Waals surface area (Å²) in [6, 6.07) is 17.6. The summed E-state index contributed by atoms with van der Waals surface area (Å²) in [4.78, 5) is 53.3. The number of amides is 3. The van der Waals surface area contributed by atoms with Crippen molar-refractivity contribution >= 4 is 35.1 Å². The highest BCUT2D eigenvalue weighted by molar-refractivity contribution is 6.34. The van der Waals surface area contributed by atoms with Gasteiger partial charge in [-0.25, -0.2) is 5.01 Å². The predicted octanol–water partition coefficient (Wildman–Crippen LogP) is 4.27. The molecule has 1 heterocycles. The molecule has 0 unspecified atom stereocenters. The molecule has 8 heteroatoms. The first-order chi connectivity index (χ1) is 15.8. The van der Waals surface area contributed by atoms with Crippen LogP contribution in [0.15, 0.2) is 72.8 Å². The van der Waals surface area contributed by atoms with Crippen molar-refractivity contribution in [3.05, 3.63) is 100 Å². The maximum atomic E-state index is 13.6. The van der Waals surface area contributed by atoms with Gasteiger partial charge in [0.1, 0.15) is 11.8 Å². The average Bonchev–Trinajstić information content (AvgIpc) is 3.09. The van der Waals surface area contributed by atoms with E-state index in [-0.39, 0.29) is 27.3 Å². The van der Waals surface area contributed by atoms with E-state index in [9.17, 15) is 19.2 Å². The number of hydrogen-bond donors (Lipinski definition) is 0. The standard InChI is InChI=1S/C25H19ClN2O5/c1-15(22(29)16-11-13-17(33-2)14-12-16)27(25(32)20-9-5-6-10-21(20)26)28-23(30)18-7-3-4-8-19(18)24(28)31/h3-15H,1-2H3/t15-/m0/s1. The Kier molecular flexibility index (Phi) is 5.98. The molecule has 1 atom stereocenters. The number of hydrazine groups is 1. The van der Waals surface area contributed by atoms with E-state index in [1.807, 2.05) is 0 Å². The van der Waals surface area contributed by atoms with E-state index in [0.29, 0.717) is 5.75 Å². The zero-order valence-corrected chi connectivity index (χ0v) is 18.6. The second-order valence-electron chi connectivity index (χ2n) is 7.37. The molecule has 3 amide bonds. The van der Waals surface area contributed by atoms with E-state index in [2.05, 4.69) is 0 Å². The highest BCUT2D eigenvalue weighted by Gasteiger charge is 2.45. The summed E-state index contributed by atoms with van der Waals surface area (Å²) >= 11 is 6.23. The molecule has 0 saturated heterocycles. The Balaban J connectivity index is 1.79. The van der Waals surface area contributed by atoms with Gasteiger partial charge in [-0.05, 0) is 55.5 Å². The number of carbonyl (C=O) groups is 4. The lowest BCUT2D eigenvalue weighted by Crippen LogP contribution is -2.56. The Bertz CT molecular complexity index is 1240. The summed E-state index contributed by atoms with van der Waals surface area (Å²) in [6.45, 7) is 1.46. The number of halogens is 1. The van der Waals surface area contributed by atoms with Crippen molar-refractivity contribution < 1.29 is 23.9 Å². The van der Waals surface area contributed by atoms with Crippen LogP contribution >= 0.6 is 11.6 Å². The molecule has 0 spiro atoms. The van der Waals surface area contributed by atoms with Crippen LogP contribution in [-0.2, 0) is 0 Å². The smallest absolute Gasteiger partial charge is 0.280 e. The summed E-state index contributed by atoms with van der Waals surface area (Å²) in [5.74, 6) is -2.03. The van der Waals surface area contributed by atoms with E-state index < -0.39 is 29.5 Å². The Labute approximate surface area is 195 Å². The summed E-state index contributed by atoms with van der Waals surface area (Å²) in [5.41, 5.74) is 0.661. The Morgan fingerprint density at radius 1 is 0.879 bits per heavy atom. The molecular weight excluding hydrogens is 444 g/mol. The third kappa shape index (κ3) is 3.87. The van der Waals surface area contributed by atoms with E-state index in [1.165, 1.54) is 38.3 Å². The molecule has 1 aliphatic rings. The van der Waals surface area contributed by atoms with Gasteiger partial charge in [0, 0.05) is 5.56 Å². The van der Waals surface area contributed by atoms with Gasteiger partial charge in [-0.3, -0.25) is 19.2 Å². The third-order valence-electron chi connectivity index (χ3n) is 5.42. The van der Waals surface area contributed by atoms with Gasteiger partial charge in [-0.1, -0.05) is 35.9 Å². The van der Waals surface area contributed by atoms with Gasteiger partial charge in [0.25, 0.3) is 17.7 Å². The van der Waals surface area contributed by atoms with Crippen LogP contribution in [0, 0.1) is 0 Å². The lowest BCUT2D eigenvalue weighted by molar-refractivity contribution is -0.00680. The number of methoxy groups -OCH3 is 1. The van der Waals surface area contributed by atoms with Gasteiger partial charge >= 0.3 is 0 Å². The normalized spacial score (nSPS) is 13.5. The number of ether oxygens (including phenoxy) is 1. The molecule has 166 valence electrons. The van der Waals surface area contributed by atoms with E-state index in [1.54, 1.807) is 48.5 Å². The number of rotatable bonds is 6. The number of benzene rings is 3. The van der Waals surface area contributed by atoms with Gasteiger partial charge in [-0.15, -0.1) is 0 Å². The predicted molar refractivity (Wildman–Crippen MR) is 121 cm³/mol. The maximum absolute atomic E-state index is 13.6. The number of fused-ring (bicyclic) bond motifs is 1. The van der Waals surface area contributed by atoms with Crippen LogP contribution < -0.4 is 4.74 Å². The van der Waals surface area contributed by atoms with Gasteiger partial charge in [0.05, 0.1) is 28.8 Å². The van der Waals surface area contributed by atoms with Crippen molar-refractivity contribution in [1.29, 1.82) is 0 Å². The largest absolute Gasteiger partial charge is 0.497 e. The van der Waals surface area contributed by atoms with E-state index in [0.717, 1.165) is 10.0 Å². The molecule has 4 rings (SSSR count). The average molecular weight is 463 g/mol. The molecule has 0 radical (unpaired) electrons. The first kappa shape index (κ1) is 22.2. The van der Waals surface area contributed by atoms with E-state index >= 15 is 0 Å². The summed E-state index contributed by atoms with van der Waals surface area (Å²) in [6.07, 6.45) is 0. The van der Waals surface area contributed by atoms with Gasteiger partial charge < -0.3 is 4.74 Å². The molecule has 0 bridgehead atoms. The Hall–Kier alpha value is -3.97. The molecule has 0 N–H and O–H groups in total. The quantitative estimate of drug-likeness (QED) is 0.403. The lowest BCUT2D eigenvalue weighted by atomic mass is 10.0. The maximum Gasteiger partial charge on any atom is 0.280 e. The fraction of sp³-hybridized carbons (Fsp3) is 0.120. The molecular formula is C25H19ClN2O5. The number of Topliss-reactive ketones (excluding diaryl/α,β-unsaturated/α-hetero) is 1. The second kappa shape index (κ2) is 8.88. The van der Waals surface area contributed by atoms with Crippen molar-refractivity contribution in [2.45, 2.75) is 13.0 Å². The van der Waals surface area contributed by atoms with E-state index in [4.69, 9.17) is 16.3 Å². The summed E-state index contributed by atoms with van der Waals surface area (Å²) in [5, 5.41) is 1.74. The Morgan fingerprint density at radius 2 is 1.42 bits per heavy atom. The molecule has 0 aliphatic carbocycles.